The van der Waals surface area contributed by atoms with Crippen molar-refractivity contribution in [3.8, 4) is 0 Å². The van der Waals surface area contributed by atoms with Crippen LogP contribution in [-0.2, 0) is 0 Å². The fraction of sp³-hybridized carbons (Fsp3) is 0.714. The summed E-state index contributed by atoms with van der Waals surface area (Å²) in [7, 11) is 0. The summed E-state index contributed by atoms with van der Waals surface area (Å²) in [4.78, 5) is 8.44. The van der Waals surface area contributed by atoms with Gasteiger partial charge in [0, 0.05) is 19.2 Å². The molecule has 0 spiro atoms. The summed E-state index contributed by atoms with van der Waals surface area (Å²) in [6, 6.07) is 1.97. The molecular formula is C14H24N4. The molecule has 1 fully saturated rings. The summed E-state index contributed by atoms with van der Waals surface area (Å²) in [5, 5.41) is 6.64. The van der Waals surface area contributed by atoms with E-state index in [1.165, 1.54) is 19.3 Å². The summed E-state index contributed by atoms with van der Waals surface area (Å²) in [5.41, 5.74) is 0.349. The lowest BCUT2D eigenvalue weighted by Crippen LogP contribution is -2.35. The van der Waals surface area contributed by atoms with Crippen molar-refractivity contribution in [1.82, 2.24) is 9.97 Å². The molecule has 1 aliphatic rings. The van der Waals surface area contributed by atoms with E-state index in [4.69, 9.17) is 0 Å². The van der Waals surface area contributed by atoms with Gasteiger partial charge in [0.25, 0.3) is 0 Å². The smallest absolute Gasteiger partial charge is 0.131 e. The van der Waals surface area contributed by atoms with Gasteiger partial charge in [-0.15, -0.1) is 0 Å². The van der Waals surface area contributed by atoms with E-state index in [9.17, 15) is 0 Å². The van der Waals surface area contributed by atoms with Crippen molar-refractivity contribution in [3.63, 3.8) is 0 Å². The minimum absolute atomic E-state index is 0.349. The second-order valence-electron chi connectivity index (χ2n) is 5.79. The zero-order chi connectivity index (χ0) is 13.0. The molecule has 0 bridgehead atoms. The van der Waals surface area contributed by atoms with Crippen LogP contribution in [0.5, 0.6) is 0 Å². The Morgan fingerprint density at radius 1 is 1.22 bits per heavy atom. The van der Waals surface area contributed by atoms with Crippen LogP contribution in [0, 0.1) is 11.3 Å². The van der Waals surface area contributed by atoms with Crippen LogP contribution in [0.3, 0.4) is 0 Å². The Kier molecular flexibility index (Phi) is 4.04. The molecular weight excluding hydrogens is 224 g/mol. The van der Waals surface area contributed by atoms with Gasteiger partial charge in [-0.1, -0.05) is 20.3 Å². The molecule has 2 rings (SSSR count). The fourth-order valence-electron chi connectivity index (χ4n) is 2.38. The predicted octanol–water partition coefficient (Wildman–Crippen LogP) is 3.15. The third-order valence-corrected chi connectivity index (χ3v) is 3.96. The van der Waals surface area contributed by atoms with Crippen molar-refractivity contribution < 1.29 is 0 Å². The highest BCUT2D eigenvalue weighted by Crippen LogP contribution is 2.41. The van der Waals surface area contributed by atoms with Crippen LogP contribution in [0.25, 0.3) is 0 Å². The van der Waals surface area contributed by atoms with Crippen molar-refractivity contribution >= 4 is 11.6 Å². The van der Waals surface area contributed by atoms with Crippen LogP contribution in [0.1, 0.15) is 40.0 Å². The van der Waals surface area contributed by atoms with Gasteiger partial charge in [0.15, 0.2) is 0 Å². The molecule has 0 aliphatic heterocycles. The van der Waals surface area contributed by atoms with Crippen LogP contribution < -0.4 is 10.6 Å². The Morgan fingerprint density at radius 3 is 2.44 bits per heavy atom. The van der Waals surface area contributed by atoms with Crippen LogP contribution in [0.4, 0.5) is 11.6 Å². The molecule has 4 nitrogen and oxygen atoms in total. The summed E-state index contributed by atoms with van der Waals surface area (Å²) in [5.74, 6) is 2.66. The predicted molar refractivity (Wildman–Crippen MR) is 75.8 cm³/mol. The number of nitrogens with one attached hydrogen (secondary N) is 2. The molecule has 18 heavy (non-hydrogen) atoms. The Labute approximate surface area is 110 Å². The van der Waals surface area contributed by atoms with E-state index in [0.29, 0.717) is 5.41 Å². The Morgan fingerprint density at radius 2 is 1.89 bits per heavy atom. The summed E-state index contributed by atoms with van der Waals surface area (Å²) in [6.45, 7) is 8.60. The maximum absolute atomic E-state index is 4.27. The van der Waals surface area contributed by atoms with Gasteiger partial charge >= 0.3 is 0 Å². The van der Waals surface area contributed by atoms with Crippen molar-refractivity contribution in [2.75, 3.05) is 23.7 Å². The molecule has 2 N–H and O–H groups in total. The average molecular weight is 248 g/mol. The zero-order valence-corrected chi connectivity index (χ0v) is 11.7. The van der Waals surface area contributed by atoms with E-state index in [1.54, 1.807) is 6.33 Å². The largest absolute Gasteiger partial charge is 0.370 e. The third-order valence-electron chi connectivity index (χ3n) is 3.96. The maximum atomic E-state index is 4.27. The number of anilines is 2. The van der Waals surface area contributed by atoms with E-state index >= 15 is 0 Å². The first kappa shape index (κ1) is 13.1. The number of hydrogen-bond donors (Lipinski definition) is 2. The van der Waals surface area contributed by atoms with Crippen molar-refractivity contribution in [2.24, 2.45) is 11.3 Å². The normalized spacial score (nSPS) is 16.2. The minimum atomic E-state index is 0.349. The maximum Gasteiger partial charge on any atom is 0.131 e. The van der Waals surface area contributed by atoms with Crippen LogP contribution in [0.15, 0.2) is 12.4 Å². The molecule has 1 aromatic heterocycles. The van der Waals surface area contributed by atoms with Gasteiger partial charge in [-0.05, 0) is 31.1 Å². The van der Waals surface area contributed by atoms with Crippen LogP contribution in [0.2, 0.25) is 0 Å². The molecule has 1 aliphatic carbocycles. The number of aromatic nitrogens is 2. The van der Waals surface area contributed by atoms with Gasteiger partial charge in [-0.3, -0.25) is 0 Å². The van der Waals surface area contributed by atoms with E-state index in [1.807, 2.05) is 6.07 Å². The quantitative estimate of drug-likeness (QED) is 0.812. The molecule has 1 saturated carbocycles. The van der Waals surface area contributed by atoms with Crippen molar-refractivity contribution in [2.45, 2.75) is 40.0 Å². The van der Waals surface area contributed by atoms with Gasteiger partial charge in [0.1, 0.15) is 18.0 Å². The van der Waals surface area contributed by atoms with Gasteiger partial charge in [0.2, 0.25) is 0 Å². The van der Waals surface area contributed by atoms with E-state index in [2.05, 4.69) is 41.4 Å². The van der Waals surface area contributed by atoms with Crippen LogP contribution >= 0.6 is 0 Å². The van der Waals surface area contributed by atoms with E-state index < -0.39 is 0 Å². The molecule has 100 valence electrons. The lowest BCUT2D eigenvalue weighted by molar-refractivity contribution is 0.134. The molecule has 0 atom stereocenters. The highest BCUT2D eigenvalue weighted by molar-refractivity contribution is 5.46. The molecule has 4 heteroatoms. The zero-order valence-electron chi connectivity index (χ0n) is 11.7. The monoisotopic (exact) mass is 248 g/mol. The highest BCUT2D eigenvalue weighted by atomic mass is 15.1. The average Bonchev–Trinajstić information content (AvgIpc) is 2.25. The van der Waals surface area contributed by atoms with Gasteiger partial charge in [-0.2, -0.15) is 0 Å². The molecule has 0 amide bonds. The number of rotatable bonds is 6. The molecule has 1 heterocycles. The third kappa shape index (κ3) is 3.12. The second kappa shape index (κ2) is 5.55. The van der Waals surface area contributed by atoms with Gasteiger partial charge in [0.05, 0.1) is 0 Å². The minimum Gasteiger partial charge on any atom is -0.370 e. The standard InChI is InChI=1S/C14H24N4/c1-4-15-12-8-13(18-10-17-12)16-9-14(2,3)11-6-5-7-11/h8,10-11H,4-7,9H2,1-3H3,(H2,15,16,17,18). The van der Waals surface area contributed by atoms with Crippen molar-refractivity contribution in [1.29, 1.82) is 0 Å². The SMILES string of the molecule is CCNc1cc(NCC(C)(C)C2CCC2)ncn1. The first-order chi connectivity index (χ1) is 8.62. The van der Waals surface area contributed by atoms with Gasteiger partial charge in [-0.25, -0.2) is 9.97 Å². The van der Waals surface area contributed by atoms with Crippen LogP contribution in [-0.4, -0.2) is 23.1 Å². The molecule has 0 radical (unpaired) electrons. The Bertz CT molecular complexity index is 385. The van der Waals surface area contributed by atoms with Gasteiger partial charge < -0.3 is 10.6 Å². The van der Waals surface area contributed by atoms with E-state index in [0.717, 1.165) is 30.6 Å². The highest BCUT2D eigenvalue weighted by Gasteiger charge is 2.33. The number of hydrogen-bond acceptors (Lipinski definition) is 4. The topological polar surface area (TPSA) is 49.8 Å². The molecule has 0 aromatic carbocycles. The fourth-order valence-corrected chi connectivity index (χ4v) is 2.38. The Hall–Kier alpha value is -1.32. The summed E-state index contributed by atoms with van der Waals surface area (Å²) in [6.07, 6.45) is 5.75. The second-order valence-corrected chi connectivity index (χ2v) is 5.79. The summed E-state index contributed by atoms with van der Waals surface area (Å²) >= 11 is 0. The lowest BCUT2D eigenvalue weighted by Gasteiger charge is -2.40. The number of nitrogens with zero attached hydrogens (tertiary/aromatic N) is 2. The first-order valence-electron chi connectivity index (χ1n) is 6.91. The Balaban J connectivity index is 1.90. The van der Waals surface area contributed by atoms with Crippen molar-refractivity contribution in [3.05, 3.63) is 12.4 Å². The molecule has 0 unspecified atom stereocenters. The lowest BCUT2D eigenvalue weighted by atomic mass is 9.67. The molecule has 1 aromatic rings. The van der Waals surface area contributed by atoms with E-state index in [-0.39, 0.29) is 0 Å². The molecule has 0 saturated heterocycles. The summed E-state index contributed by atoms with van der Waals surface area (Å²) < 4.78 is 0. The first-order valence-corrected chi connectivity index (χ1v) is 6.91.